The van der Waals surface area contributed by atoms with E-state index >= 15 is 0 Å². The average molecular weight is 343 g/mol. The number of anilines is 1. The van der Waals surface area contributed by atoms with E-state index in [1.165, 1.54) is 0 Å². The van der Waals surface area contributed by atoms with Crippen molar-refractivity contribution in [3.05, 3.63) is 33.7 Å². The van der Waals surface area contributed by atoms with Crippen molar-refractivity contribution >= 4 is 32.4 Å². The number of halogens is 1. The Morgan fingerprint density at radius 1 is 1.37 bits per heavy atom. The molecule has 0 saturated carbocycles. The van der Waals surface area contributed by atoms with E-state index in [2.05, 4.69) is 26.2 Å². The Morgan fingerprint density at radius 2 is 2.21 bits per heavy atom. The van der Waals surface area contributed by atoms with E-state index in [1.54, 1.807) is 24.6 Å². The second-order valence-corrected chi connectivity index (χ2v) is 5.47. The van der Waals surface area contributed by atoms with Gasteiger partial charge in [-0.05, 0) is 24.6 Å². The van der Waals surface area contributed by atoms with Crippen LogP contribution < -0.4 is 14.8 Å². The third kappa shape index (κ3) is 3.61. The van der Waals surface area contributed by atoms with Crippen molar-refractivity contribution in [1.29, 1.82) is 0 Å². The fourth-order valence-corrected chi connectivity index (χ4v) is 2.61. The molecule has 2 aromatic rings. The number of hydrogen-bond acceptors (Lipinski definition) is 5. The zero-order valence-electron chi connectivity index (χ0n) is 10.8. The van der Waals surface area contributed by atoms with Gasteiger partial charge in [0, 0.05) is 22.6 Å². The molecule has 2 rings (SSSR count). The van der Waals surface area contributed by atoms with Crippen LogP contribution in [0.2, 0.25) is 0 Å². The van der Waals surface area contributed by atoms with Gasteiger partial charge in [0.1, 0.15) is 0 Å². The first-order chi connectivity index (χ1) is 9.24. The summed E-state index contributed by atoms with van der Waals surface area (Å²) in [5.41, 5.74) is 1.09. The predicted octanol–water partition coefficient (Wildman–Crippen LogP) is 3.93. The van der Waals surface area contributed by atoms with E-state index in [9.17, 15) is 0 Å². The Bertz CT molecular complexity index is 532. The van der Waals surface area contributed by atoms with Crippen LogP contribution in [0.25, 0.3) is 0 Å². The van der Waals surface area contributed by atoms with Gasteiger partial charge in [0.25, 0.3) is 0 Å². The zero-order chi connectivity index (χ0) is 13.7. The van der Waals surface area contributed by atoms with Gasteiger partial charge in [-0.2, -0.15) is 0 Å². The number of rotatable bonds is 6. The maximum atomic E-state index is 5.53. The molecule has 19 heavy (non-hydrogen) atoms. The minimum atomic E-state index is 0.611. The molecule has 1 heterocycles. The largest absolute Gasteiger partial charge is 0.493 e. The maximum Gasteiger partial charge on any atom is 0.182 e. The average Bonchev–Trinajstić information content (AvgIpc) is 2.91. The van der Waals surface area contributed by atoms with Gasteiger partial charge in [0.15, 0.2) is 16.6 Å². The topological polar surface area (TPSA) is 43.4 Å². The number of benzene rings is 1. The van der Waals surface area contributed by atoms with Gasteiger partial charge in [-0.3, -0.25) is 0 Å². The normalized spacial score (nSPS) is 10.3. The Kier molecular flexibility index (Phi) is 5.04. The summed E-state index contributed by atoms with van der Waals surface area (Å²) in [7, 11) is 1.64. The molecule has 0 unspecified atom stereocenters. The second-order valence-electron chi connectivity index (χ2n) is 3.72. The lowest BCUT2D eigenvalue weighted by Crippen LogP contribution is -2.02. The highest BCUT2D eigenvalue weighted by Gasteiger charge is 2.10. The third-order valence-corrected chi connectivity index (χ3v) is 3.96. The van der Waals surface area contributed by atoms with Gasteiger partial charge < -0.3 is 14.8 Å². The fourth-order valence-electron chi connectivity index (χ4n) is 1.62. The Morgan fingerprint density at radius 3 is 2.84 bits per heavy atom. The molecule has 0 aliphatic carbocycles. The lowest BCUT2D eigenvalue weighted by Gasteiger charge is -2.13. The third-order valence-electron chi connectivity index (χ3n) is 2.49. The molecule has 0 aliphatic rings. The second kappa shape index (κ2) is 6.77. The molecule has 1 N–H and O–H groups in total. The number of aromatic nitrogens is 1. The summed E-state index contributed by atoms with van der Waals surface area (Å²) < 4.78 is 11.9. The Balaban J connectivity index is 2.16. The Hall–Kier alpha value is -1.27. The molecule has 102 valence electrons. The molecular weight excluding hydrogens is 328 g/mol. The summed E-state index contributed by atoms with van der Waals surface area (Å²) in [5.74, 6) is 1.48. The first-order valence-corrected chi connectivity index (χ1v) is 7.54. The Labute approximate surface area is 124 Å². The molecular formula is C13H15BrN2O2S. The number of nitrogens with one attached hydrogen (secondary N) is 1. The summed E-state index contributed by atoms with van der Waals surface area (Å²) >= 11 is 5.13. The van der Waals surface area contributed by atoms with E-state index in [-0.39, 0.29) is 0 Å². The van der Waals surface area contributed by atoms with Crippen LogP contribution >= 0.6 is 27.3 Å². The van der Waals surface area contributed by atoms with Crippen LogP contribution in [0.3, 0.4) is 0 Å². The van der Waals surface area contributed by atoms with E-state index in [0.717, 1.165) is 26.7 Å². The molecule has 0 fully saturated rings. The molecule has 0 atom stereocenters. The van der Waals surface area contributed by atoms with Crippen LogP contribution in [-0.2, 0) is 6.54 Å². The van der Waals surface area contributed by atoms with Gasteiger partial charge in [0.2, 0.25) is 0 Å². The molecule has 0 spiro atoms. The molecule has 1 aromatic carbocycles. The van der Waals surface area contributed by atoms with Crippen LogP contribution in [0.1, 0.15) is 12.5 Å². The van der Waals surface area contributed by atoms with Gasteiger partial charge in [-0.15, -0.1) is 11.3 Å². The molecule has 0 amide bonds. The van der Waals surface area contributed by atoms with E-state index in [1.807, 2.05) is 24.4 Å². The van der Waals surface area contributed by atoms with Crippen LogP contribution in [0.4, 0.5) is 5.13 Å². The monoisotopic (exact) mass is 342 g/mol. The first kappa shape index (κ1) is 14.1. The van der Waals surface area contributed by atoms with Crippen LogP contribution in [0.5, 0.6) is 11.5 Å². The van der Waals surface area contributed by atoms with Crippen LogP contribution in [0, 0.1) is 0 Å². The number of nitrogens with zero attached hydrogens (tertiary/aromatic N) is 1. The lowest BCUT2D eigenvalue weighted by molar-refractivity contribution is 0.310. The predicted molar refractivity (Wildman–Crippen MR) is 81.3 cm³/mol. The van der Waals surface area contributed by atoms with Crippen molar-refractivity contribution in [3.63, 3.8) is 0 Å². The van der Waals surface area contributed by atoms with Gasteiger partial charge >= 0.3 is 0 Å². The minimum absolute atomic E-state index is 0.611. The molecule has 0 radical (unpaired) electrons. The SMILES string of the molecule is CCOc1cc(Br)c(CNc2nccs2)cc1OC. The maximum absolute atomic E-state index is 5.53. The van der Waals surface area contributed by atoms with Crippen molar-refractivity contribution in [1.82, 2.24) is 4.98 Å². The zero-order valence-corrected chi connectivity index (χ0v) is 13.2. The summed E-state index contributed by atoms with van der Waals surface area (Å²) in [6.45, 7) is 3.24. The first-order valence-electron chi connectivity index (χ1n) is 5.87. The van der Waals surface area contributed by atoms with E-state index in [4.69, 9.17) is 9.47 Å². The quantitative estimate of drug-likeness (QED) is 0.863. The fraction of sp³-hybridized carbons (Fsp3) is 0.308. The van der Waals surface area contributed by atoms with Crippen molar-refractivity contribution in [2.45, 2.75) is 13.5 Å². The molecule has 0 bridgehead atoms. The highest BCUT2D eigenvalue weighted by atomic mass is 79.9. The molecule has 6 heteroatoms. The van der Waals surface area contributed by atoms with Crippen molar-refractivity contribution in [2.75, 3.05) is 19.0 Å². The molecule has 0 aliphatic heterocycles. The summed E-state index contributed by atoms with van der Waals surface area (Å²) in [5, 5.41) is 6.11. The number of hydrogen-bond donors (Lipinski definition) is 1. The molecule has 4 nitrogen and oxygen atoms in total. The highest BCUT2D eigenvalue weighted by molar-refractivity contribution is 9.10. The summed E-state index contributed by atoms with van der Waals surface area (Å²) in [6, 6.07) is 3.90. The van der Waals surface area contributed by atoms with Crippen LogP contribution in [0.15, 0.2) is 28.2 Å². The van der Waals surface area contributed by atoms with E-state index < -0.39 is 0 Å². The minimum Gasteiger partial charge on any atom is -0.493 e. The van der Waals surface area contributed by atoms with Gasteiger partial charge in [0.05, 0.1) is 13.7 Å². The van der Waals surface area contributed by atoms with Gasteiger partial charge in [-0.25, -0.2) is 4.98 Å². The van der Waals surface area contributed by atoms with Gasteiger partial charge in [-0.1, -0.05) is 15.9 Å². The summed E-state index contributed by atoms with van der Waals surface area (Å²) in [6.07, 6.45) is 1.78. The standard InChI is InChI=1S/C13H15BrN2O2S/c1-3-18-12-7-10(14)9(6-11(12)17-2)8-16-13-15-4-5-19-13/h4-7H,3,8H2,1-2H3,(H,15,16). The van der Waals surface area contributed by atoms with Crippen molar-refractivity contribution < 1.29 is 9.47 Å². The summed E-state index contributed by atoms with van der Waals surface area (Å²) in [4.78, 5) is 4.19. The molecule has 0 saturated heterocycles. The molecule has 1 aromatic heterocycles. The van der Waals surface area contributed by atoms with Crippen molar-refractivity contribution in [3.8, 4) is 11.5 Å². The van der Waals surface area contributed by atoms with Crippen molar-refractivity contribution in [2.24, 2.45) is 0 Å². The number of methoxy groups -OCH3 is 1. The lowest BCUT2D eigenvalue weighted by atomic mass is 10.2. The smallest absolute Gasteiger partial charge is 0.182 e. The highest BCUT2D eigenvalue weighted by Crippen LogP contribution is 2.34. The number of ether oxygens (including phenoxy) is 2. The van der Waals surface area contributed by atoms with E-state index in [0.29, 0.717) is 13.2 Å². The van der Waals surface area contributed by atoms with Crippen LogP contribution in [-0.4, -0.2) is 18.7 Å². The number of thiazole rings is 1.